The van der Waals surface area contributed by atoms with Crippen molar-refractivity contribution < 1.29 is 14.3 Å². The summed E-state index contributed by atoms with van der Waals surface area (Å²) in [6.45, 7) is 1.75. The second kappa shape index (κ2) is 10.6. The summed E-state index contributed by atoms with van der Waals surface area (Å²) in [5, 5.41) is 5.33. The number of urea groups is 1. The number of nitrogens with zero attached hydrogens (tertiary/aromatic N) is 2. The van der Waals surface area contributed by atoms with Crippen LogP contribution in [0.5, 0.6) is 11.5 Å². The van der Waals surface area contributed by atoms with E-state index in [1.807, 2.05) is 60.7 Å². The zero-order chi connectivity index (χ0) is 25.7. The molecule has 0 radical (unpaired) electrons. The molecule has 0 saturated heterocycles. The van der Waals surface area contributed by atoms with Crippen LogP contribution in [0.4, 0.5) is 10.5 Å². The molecule has 3 aromatic carbocycles. The number of amides is 3. The van der Waals surface area contributed by atoms with Crippen LogP contribution in [0.25, 0.3) is 5.69 Å². The van der Waals surface area contributed by atoms with Crippen molar-refractivity contribution in [3.8, 4) is 17.2 Å². The molecule has 0 unspecified atom stereocenters. The van der Waals surface area contributed by atoms with Gasteiger partial charge in [-0.25, -0.2) is 9.48 Å². The lowest BCUT2D eigenvalue weighted by Gasteiger charge is -2.18. The molecule has 0 aliphatic heterocycles. The lowest BCUT2D eigenvalue weighted by atomic mass is 10.0. The van der Waals surface area contributed by atoms with Gasteiger partial charge in [0.2, 0.25) is 5.91 Å². The lowest BCUT2D eigenvalue weighted by molar-refractivity contribution is -0.116. The van der Waals surface area contributed by atoms with Crippen molar-refractivity contribution in [2.24, 2.45) is 12.8 Å². The van der Waals surface area contributed by atoms with Gasteiger partial charge in [-0.15, -0.1) is 0 Å². The van der Waals surface area contributed by atoms with E-state index in [1.54, 1.807) is 42.9 Å². The van der Waals surface area contributed by atoms with Crippen LogP contribution in [-0.4, -0.2) is 21.3 Å². The van der Waals surface area contributed by atoms with Crippen LogP contribution in [0.1, 0.15) is 23.7 Å². The summed E-state index contributed by atoms with van der Waals surface area (Å²) in [6, 6.07) is 23.9. The molecule has 1 atom stereocenters. The number of carbonyl (C=O) groups excluding carboxylic acids is 2. The molecule has 0 aliphatic rings. The molecule has 0 bridgehead atoms. The molecule has 1 aromatic heterocycles. The first-order valence-electron chi connectivity index (χ1n) is 11.4. The van der Waals surface area contributed by atoms with Crippen molar-refractivity contribution in [2.75, 3.05) is 5.32 Å². The first kappa shape index (κ1) is 24.3. The first-order chi connectivity index (χ1) is 17.3. The van der Waals surface area contributed by atoms with Gasteiger partial charge in [0.25, 0.3) is 5.56 Å². The summed E-state index contributed by atoms with van der Waals surface area (Å²) in [4.78, 5) is 37.8. The highest BCUT2D eigenvalue weighted by atomic mass is 16.5. The standard InChI is InChI=1S/C27H27N5O4/c1-18-25(26(34)32(31(18)2)20-11-5-3-6-12-20)30-24(33)17-23(29-27(28)35)19-10-9-15-22(16-19)36-21-13-7-4-8-14-21/h3-16,23H,17H2,1-2H3,(H,30,33)(H3,28,29,35)/t23-/m1/s1. The van der Waals surface area contributed by atoms with Crippen molar-refractivity contribution in [3.63, 3.8) is 0 Å². The van der Waals surface area contributed by atoms with Gasteiger partial charge in [-0.3, -0.25) is 14.3 Å². The number of benzene rings is 3. The predicted molar refractivity (Wildman–Crippen MR) is 137 cm³/mol. The molecule has 36 heavy (non-hydrogen) atoms. The minimum atomic E-state index is -0.774. The van der Waals surface area contributed by atoms with E-state index in [4.69, 9.17) is 10.5 Å². The van der Waals surface area contributed by atoms with Gasteiger partial charge in [0.15, 0.2) is 0 Å². The number of anilines is 1. The molecule has 9 nitrogen and oxygen atoms in total. The molecule has 0 spiro atoms. The molecule has 4 rings (SSSR count). The summed E-state index contributed by atoms with van der Waals surface area (Å²) >= 11 is 0. The smallest absolute Gasteiger partial charge is 0.312 e. The summed E-state index contributed by atoms with van der Waals surface area (Å²) in [5.41, 5.74) is 7.10. The Kier molecular flexibility index (Phi) is 7.20. The van der Waals surface area contributed by atoms with Crippen LogP contribution in [0.15, 0.2) is 89.7 Å². The van der Waals surface area contributed by atoms with Crippen LogP contribution < -0.4 is 26.7 Å². The Morgan fingerprint density at radius 3 is 2.25 bits per heavy atom. The van der Waals surface area contributed by atoms with Crippen molar-refractivity contribution in [1.82, 2.24) is 14.7 Å². The Hall–Kier alpha value is -4.79. The quantitative estimate of drug-likeness (QED) is 0.349. The molecule has 3 amide bonds. The fourth-order valence-electron chi connectivity index (χ4n) is 3.93. The second-order valence-electron chi connectivity index (χ2n) is 8.24. The van der Waals surface area contributed by atoms with E-state index >= 15 is 0 Å². The van der Waals surface area contributed by atoms with Gasteiger partial charge < -0.3 is 21.1 Å². The van der Waals surface area contributed by atoms with Crippen molar-refractivity contribution >= 4 is 17.6 Å². The lowest BCUT2D eigenvalue weighted by Crippen LogP contribution is -2.35. The number of rotatable bonds is 8. The van der Waals surface area contributed by atoms with Crippen LogP contribution in [0.2, 0.25) is 0 Å². The summed E-state index contributed by atoms with van der Waals surface area (Å²) in [5.74, 6) is 0.746. The Morgan fingerprint density at radius 2 is 1.58 bits per heavy atom. The summed E-state index contributed by atoms with van der Waals surface area (Å²) in [7, 11) is 1.75. The molecule has 0 fully saturated rings. The zero-order valence-corrected chi connectivity index (χ0v) is 20.0. The Labute approximate surface area is 208 Å². The van der Waals surface area contributed by atoms with E-state index in [0.717, 1.165) is 0 Å². The maximum Gasteiger partial charge on any atom is 0.312 e. The number of para-hydroxylation sites is 2. The van der Waals surface area contributed by atoms with Crippen molar-refractivity contribution in [2.45, 2.75) is 19.4 Å². The number of nitrogens with one attached hydrogen (secondary N) is 2. The summed E-state index contributed by atoms with van der Waals surface area (Å²) in [6.07, 6.45) is -0.142. The highest BCUT2D eigenvalue weighted by Gasteiger charge is 2.22. The van der Waals surface area contributed by atoms with Crippen molar-refractivity contribution in [1.29, 1.82) is 0 Å². The molecule has 0 aliphatic carbocycles. The maximum atomic E-state index is 13.1. The largest absolute Gasteiger partial charge is 0.457 e. The maximum absolute atomic E-state index is 13.1. The number of hydrogen-bond donors (Lipinski definition) is 3. The SMILES string of the molecule is Cc1c(NC(=O)C[C@@H](NC(N)=O)c2cccc(Oc3ccccc3)c2)c(=O)n(-c2ccccc2)n1C. The Bertz CT molecular complexity index is 1430. The monoisotopic (exact) mass is 485 g/mol. The van der Waals surface area contributed by atoms with Gasteiger partial charge >= 0.3 is 6.03 Å². The van der Waals surface area contributed by atoms with Gasteiger partial charge in [0.05, 0.1) is 23.8 Å². The molecule has 184 valence electrons. The van der Waals surface area contributed by atoms with Crippen molar-refractivity contribution in [3.05, 3.63) is 107 Å². The second-order valence-corrected chi connectivity index (χ2v) is 8.24. The molecule has 1 heterocycles. The van der Waals surface area contributed by atoms with E-state index < -0.39 is 18.0 Å². The molecule has 4 N–H and O–H groups in total. The van der Waals surface area contributed by atoms with E-state index in [2.05, 4.69) is 10.6 Å². The number of nitrogens with two attached hydrogens (primary N) is 1. The predicted octanol–water partition coefficient (Wildman–Crippen LogP) is 4.01. The topological polar surface area (TPSA) is 120 Å². The minimum absolute atomic E-state index is 0.142. The first-order valence-corrected chi connectivity index (χ1v) is 11.4. The van der Waals surface area contributed by atoms with Crippen LogP contribution >= 0.6 is 0 Å². The highest BCUT2D eigenvalue weighted by molar-refractivity contribution is 5.92. The van der Waals surface area contributed by atoms with Gasteiger partial charge in [0.1, 0.15) is 17.2 Å². The van der Waals surface area contributed by atoms with Gasteiger partial charge in [-0.1, -0.05) is 48.5 Å². The number of primary amides is 1. The Balaban J connectivity index is 1.55. The highest BCUT2D eigenvalue weighted by Crippen LogP contribution is 2.26. The average Bonchev–Trinajstić information content (AvgIpc) is 3.07. The fraction of sp³-hybridized carbons (Fsp3) is 0.148. The fourth-order valence-corrected chi connectivity index (χ4v) is 3.93. The third-order valence-electron chi connectivity index (χ3n) is 5.76. The number of aromatic nitrogens is 2. The van der Waals surface area contributed by atoms with E-state index in [9.17, 15) is 14.4 Å². The molecular weight excluding hydrogens is 458 g/mol. The van der Waals surface area contributed by atoms with E-state index in [1.165, 1.54) is 4.68 Å². The normalized spacial score (nSPS) is 11.5. The van der Waals surface area contributed by atoms with E-state index in [0.29, 0.717) is 28.4 Å². The number of carbonyl (C=O) groups is 2. The molecule has 9 heteroatoms. The van der Waals surface area contributed by atoms with E-state index in [-0.39, 0.29) is 17.7 Å². The summed E-state index contributed by atoms with van der Waals surface area (Å²) < 4.78 is 9.03. The average molecular weight is 486 g/mol. The Morgan fingerprint density at radius 1 is 0.944 bits per heavy atom. The number of ether oxygens (including phenoxy) is 1. The van der Waals surface area contributed by atoms with Gasteiger partial charge in [0, 0.05) is 7.05 Å². The third kappa shape index (κ3) is 5.47. The molecule has 4 aromatic rings. The minimum Gasteiger partial charge on any atom is -0.457 e. The van der Waals surface area contributed by atoms with Crippen LogP contribution in [-0.2, 0) is 11.8 Å². The molecular formula is C27H27N5O4. The molecule has 0 saturated carbocycles. The van der Waals surface area contributed by atoms with Gasteiger partial charge in [-0.2, -0.15) is 0 Å². The number of hydrogen-bond acceptors (Lipinski definition) is 4. The zero-order valence-electron chi connectivity index (χ0n) is 20.0. The van der Waals surface area contributed by atoms with Crippen LogP contribution in [0, 0.1) is 6.92 Å². The van der Waals surface area contributed by atoms with Crippen LogP contribution in [0.3, 0.4) is 0 Å². The third-order valence-corrected chi connectivity index (χ3v) is 5.76. The van der Waals surface area contributed by atoms with Gasteiger partial charge in [-0.05, 0) is 48.9 Å².